The largest absolute Gasteiger partial charge is 0.382 e. The zero-order chi connectivity index (χ0) is 18.9. The number of rotatable bonds is 4. The van der Waals surface area contributed by atoms with E-state index in [2.05, 4.69) is 53.2 Å². The molecule has 28 heavy (non-hydrogen) atoms. The molecule has 1 heterocycles. The molecule has 1 aliphatic rings. The molecule has 3 heteroatoms. The summed E-state index contributed by atoms with van der Waals surface area (Å²) >= 11 is 0. The molecule has 3 nitrogen and oxygen atoms in total. The van der Waals surface area contributed by atoms with Gasteiger partial charge in [0.25, 0.3) is 0 Å². The van der Waals surface area contributed by atoms with Crippen LogP contribution in [0.15, 0.2) is 84.9 Å². The fraction of sp³-hybridized carbons (Fsp3) is 0.160. The third-order valence-corrected chi connectivity index (χ3v) is 5.55. The molecule has 0 spiro atoms. The van der Waals surface area contributed by atoms with Gasteiger partial charge in [-0.15, -0.1) is 0 Å². The van der Waals surface area contributed by atoms with Crippen molar-refractivity contribution in [3.63, 3.8) is 0 Å². The van der Waals surface area contributed by atoms with Crippen LogP contribution in [-0.4, -0.2) is 14.9 Å². The molecule has 1 aliphatic carbocycles. The van der Waals surface area contributed by atoms with Gasteiger partial charge in [-0.1, -0.05) is 84.9 Å². The number of aryl methyl sites for hydroxylation is 1. The van der Waals surface area contributed by atoms with E-state index in [0.717, 1.165) is 29.8 Å². The maximum absolute atomic E-state index is 11.1. The van der Waals surface area contributed by atoms with Gasteiger partial charge in [0.05, 0.1) is 17.9 Å². The van der Waals surface area contributed by atoms with Crippen LogP contribution in [0.5, 0.6) is 0 Å². The first-order valence-electron chi connectivity index (χ1n) is 9.76. The average Bonchev–Trinajstić information content (AvgIpc) is 3.13. The predicted molar refractivity (Wildman–Crippen MR) is 111 cm³/mol. The number of hydrogen-bond acceptors (Lipinski definition) is 2. The third-order valence-electron chi connectivity index (χ3n) is 5.55. The number of benzene rings is 3. The Kier molecular flexibility index (Phi) is 4.30. The quantitative estimate of drug-likeness (QED) is 0.564. The van der Waals surface area contributed by atoms with Crippen molar-refractivity contribution in [3.8, 4) is 11.3 Å². The summed E-state index contributed by atoms with van der Waals surface area (Å²) in [5, 5.41) is 16.0. The van der Waals surface area contributed by atoms with Crippen molar-refractivity contribution in [1.82, 2.24) is 9.78 Å². The third kappa shape index (κ3) is 2.94. The van der Waals surface area contributed by atoms with Gasteiger partial charge in [0.15, 0.2) is 0 Å². The Morgan fingerprint density at radius 1 is 0.821 bits per heavy atom. The van der Waals surface area contributed by atoms with Gasteiger partial charge < -0.3 is 5.11 Å². The first-order valence-corrected chi connectivity index (χ1v) is 9.76. The first kappa shape index (κ1) is 17.0. The summed E-state index contributed by atoms with van der Waals surface area (Å²) in [5.41, 5.74) is 7.78. The van der Waals surface area contributed by atoms with Gasteiger partial charge in [-0.25, -0.2) is 0 Å². The van der Waals surface area contributed by atoms with E-state index in [1.807, 2.05) is 36.4 Å². The molecule has 138 valence electrons. The number of aliphatic hydroxyl groups excluding tert-OH is 1. The summed E-state index contributed by atoms with van der Waals surface area (Å²) in [6.45, 7) is 0.693. The Bertz CT molecular complexity index is 1100. The molecular weight excluding hydrogens is 344 g/mol. The van der Waals surface area contributed by atoms with Crippen LogP contribution < -0.4 is 0 Å². The van der Waals surface area contributed by atoms with Gasteiger partial charge in [0.2, 0.25) is 0 Å². The van der Waals surface area contributed by atoms with Crippen LogP contribution >= 0.6 is 0 Å². The van der Waals surface area contributed by atoms with E-state index in [1.165, 1.54) is 22.3 Å². The summed E-state index contributed by atoms with van der Waals surface area (Å²) in [6, 6.07) is 28.8. The van der Waals surface area contributed by atoms with E-state index in [-0.39, 0.29) is 0 Å². The molecule has 4 aromatic rings. The Hall–Kier alpha value is -3.17. The SMILES string of the molecule is OC(c1ccccc1)c1nn(Cc2ccccc2)c2c1CCc1ccccc1-2. The molecule has 1 aromatic heterocycles. The monoisotopic (exact) mass is 366 g/mol. The normalized spacial score (nSPS) is 13.6. The average molecular weight is 366 g/mol. The maximum atomic E-state index is 11.1. The van der Waals surface area contributed by atoms with E-state index < -0.39 is 6.10 Å². The summed E-state index contributed by atoms with van der Waals surface area (Å²) in [4.78, 5) is 0. The fourth-order valence-corrected chi connectivity index (χ4v) is 4.18. The summed E-state index contributed by atoms with van der Waals surface area (Å²) in [5.74, 6) is 0. The van der Waals surface area contributed by atoms with Crippen LogP contribution in [0, 0.1) is 0 Å². The van der Waals surface area contributed by atoms with Gasteiger partial charge in [-0.3, -0.25) is 4.68 Å². The highest BCUT2D eigenvalue weighted by Crippen LogP contribution is 2.38. The van der Waals surface area contributed by atoms with Crippen molar-refractivity contribution < 1.29 is 5.11 Å². The van der Waals surface area contributed by atoms with Gasteiger partial charge in [0.1, 0.15) is 6.10 Å². The Balaban J connectivity index is 1.66. The molecule has 1 atom stereocenters. The molecule has 0 saturated carbocycles. The second kappa shape index (κ2) is 7.10. The Morgan fingerprint density at radius 3 is 2.29 bits per heavy atom. The lowest BCUT2D eigenvalue weighted by Crippen LogP contribution is -2.09. The number of fused-ring (bicyclic) bond motifs is 3. The molecule has 3 aromatic carbocycles. The van der Waals surface area contributed by atoms with Crippen LogP contribution in [0.1, 0.15) is 34.1 Å². The molecule has 0 radical (unpaired) electrons. The number of aromatic nitrogens is 2. The number of hydrogen-bond donors (Lipinski definition) is 1. The second-order valence-electron chi connectivity index (χ2n) is 7.33. The van der Waals surface area contributed by atoms with E-state index in [0.29, 0.717) is 6.54 Å². The predicted octanol–water partition coefficient (Wildman–Crippen LogP) is 4.78. The first-order chi connectivity index (χ1) is 13.8. The Labute approximate surface area is 164 Å². The molecule has 5 rings (SSSR count). The zero-order valence-corrected chi connectivity index (χ0v) is 15.6. The van der Waals surface area contributed by atoms with E-state index in [9.17, 15) is 5.11 Å². The van der Waals surface area contributed by atoms with Gasteiger partial charge in [-0.2, -0.15) is 5.10 Å². The molecule has 0 amide bonds. The summed E-state index contributed by atoms with van der Waals surface area (Å²) in [6.07, 6.45) is 1.17. The highest BCUT2D eigenvalue weighted by Gasteiger charge is 2.28. The van der Waals surface area contributed by atoms with Crippen molar-refractivity contribution in [2.24, 2.45) is 0 Å². The maximum Gasteiger partial charge on any atom is 0.123 e. The minimum absolute atomic E-state index is 0.693. The smallest absolute Gasteiger partial charge is 0.123 e. The molecule has 1 N–H and O–H groups in total. The van der Waals surface area contributed by atoms with Crippen molar-refractivity contribution in [1.29, 1.82) is 0 Å². The zero-order valence-electron chi connectivity index (χ0n) is 15.6. The molecule has 0 aliphatic heterocycles. The van der Waals surface area contributed by atoms with Crippen molar-refractivity contribution in [3.05, 3.63) is 113 Å². The van der Waals surface area contributed by atoms with E-state index in [4.69, 9.17) is 5.10 Å². The molecule has 1 unspecified atom stereocenters. The van der Waals surface area contributed by atoms with E-state index >= 15 is 0 Å². The van der Waals surface area contributed by atoms with E-state index in [1.54, 1.807) is 0 Å². The van der Waals surface area contributed by atoms with Gasteiger partial charge >= 0.3 is 0 Å². The van der Waals surface area contributed by atoms with Crippen LogP contribution in [0.2, 0.25) is 0 Å². The van der Waals surface area contributed by atoms with Gasteiger partial charge in [0, 0.05) is 11.1 Å². The molecular formula is C25H22N2O. The van der Waals surface area contributed by atoms with Crippen molar-refractivity contribution in [2.75, 3.05) is 0 Å². The summed E-state index contributed by atoms with van der Waals surface area (Å²) < 4.78 is 2.07. The minimum Gasteiger partial charge on any atom is -0.382 e. The second-order valence-corrected chi connectivity index (χ2v) is 7.33. The highest BCUT2D eigenvalue weighted by atomic mass is 16.3. The Morgan fingerprint density at radius 2 is 1.50 bits per heavy atom. The standard InChI is InChI=1S/C25H22N2O/c28-25(20-12-5-2-6-13-20)23-22-16-15-19-11-7-8-14-21(19)24(22)27(26-23)17-18-9-3-1-4-10-18/h1-14,25,28H,15-17H2. The molecule has 0 bridgehead atoms. The minimum atomic E-state index is -0.711. The molecule has 0 saturated heterocycles. The molecule has 0 fully saturated rings. The van der Waals surface area contributed by atoms with Crippen LogP contribution in [0.4, 0.5) is 0 Å². The fourth-order valence-electron chi connectivity index (χ4n) is 4.18. The lowest BCUT2D eigenvalue weighted by Gasteiger charge is -2.19. The number of nitrogens with zero attached hydrogens (tertiary/aromatic N) is 2. The van der Waals surface area contributed by atoms with Crippen molar-refractivity contribution >= 4 is 0 Å². The van der Waals surface area contributed by atoms with Crippen molar-refractivity contribution in [2.45, 2.75) is 25.5 Å². The summed E-state index contributed by atoms with van der Waals surface area (Å²) in [7, 11) is 0. The van der Waals surface area contributed by atoms with Crippen LogP contribution in [0.3, 0.4) is 0 Å². The number of aliphatic hydroxyl groups is 1. The highest BCUT2D eigenvalue weighted by molar-refractivity contribution is 5.71. The lowest BCUT2D eigenvalue weighted by molar-refractivity contribution is 0.213. The van der Waals surface area contributed by atoms with Crippen LogP contribution in [-0.2, 0) is 19.4 Å². The topological polar surface area (TPSA) is 38.1 Å². The van der Waals surface area contributed by atoms with Gasteiger partial charge in [-0.05, 0) is 29.5 Å². The van der Waals surface area contributed by atoms with Crippen LogP contribution in [0.25, 0.3) is 11.3 Å². The lowest BCUT2D eigenvalue weighted by atomic mass is 9.87.